The van der Waals surface area contributed by atoms with E-state index >= 15 is 0 Å². The number of ether oxygens (including phenoxy) is 1. The van der Waals surface area contributed by atoms with Gasteiger partial charge in [-0.1, -0.05) is 42.8 Å². The van der Waals surface area contributed by atoms with Gasteiger partial charge in [-0.2, -0.15) is 0 Å². The Balaban J connectivity index is 2.02. The highest BCUT2D eigenvalue weighted by atomic mass is 35.5. The lowest BCUT2D eigenvalue weighted by Gasteiger charge is -2.17. The van der Waals surface area contributed by atoms with Crippen LogP contribution < -0.4 is 10.1 Å². The standard InChI is InChI=1S/C16H16ClNO2/c1-2-15(20-14-9-4-3-5-10-14)16(19)18-13-8-6-7-12(17)11-13/h3-11,15H,2H2,1H3,(H,18,19)/t15-/m1/s1. The zero-order valence-electron chi connectivity index (χ0n) is 11.2. The van der Waals surface area contributed by atoms with Crippen LogP contribution in [0.4, 0.5) is 5.69 Å². The maximum Gasteiger partial charge on any atom is 0.265 e. The smallest absolute Gasteiger partial charge is 0.265 e. The molecular weight excluding hydrogens is 274 g/mol. The Bertz CT molecular complexity index is 572. The molecular formula is C16H16ClNO2. The number of hydrogen-bond donors (Lipinski definition) is 1. The van der Waals surface area contributed by atoms with E-state index in [1.807, 2.05) is 37.3 Å². The summed E-state index contributed by atoms with van der Waals surface area (Å²) in [6.45, 7) is 1.91. The SMILES string of the molecule is CC[C@@H](Oc1ccccc1)C(=O)Nc1cccc(Cl)c1. The first-order valence-corrected chi connectivity index (χ1v) is 6.85. The molecule has 0 radical (unpaired) electrons. The molecule has 4 heteroatoms. The summed E-state index contributed by atoms with van der Waals surface area (Å²) in [6.07, 6.45) is 0.0535. The van der Waals surface area contributed by atoms with Crippen LogP contribution in [-0.2, 0) is 4.79 Å². The van der Waals surface area contributed by atoms with E-state index in [9.17, 15) is 4.79 Å². The fourth-order valence-electron chi connectivity index (χ4n) is 1.77. The normalized spacial score (nSPS) is 11.7. The van der Waals surface area contributed by atoms with Gasteiger partial charge in [0.15, 0.2) is 6.10 Å². The third-order valence-corrected chi connectivity index (χ3v) is 3.01. The van der Waals surface area contributed by atoms with Gasteiger partial charge in [0, 0.05) is 10.7 Å². The van der Waals surface area contributed by atoms with Crippen molar-refractivity contribution < 1.29 is 9.53 Å². The van der Waals surface area contributed by atoms with Crippen LogP contribution in [0.25, 0.3) is 0 Å². The molecule has 0 aromatic heterocycles. The van der Waals surface area contributed by atoms with E-state index in [0.29, 0.717) is 22.9 Å². The summed E-state index contributed by atoms with van der Waals surface area (Å²) in [7, 11) is 0. The molecule has 3 nitrogen and oxygen atoms in total. The van der Waals surface area contributed by atoms with Crippen molar-refractivity contribution in [2.75, 3.05) is 5.32 Å². The number of carbonyl (C=O) groups excluding carboxylic acids is 1. The molecule has 0 heterocycles. The lowest BCUT2D eigenvalue weighted by atomic mass is 10.2. The molecule has 1 N–H and O–H groups in total. The molecule has 0 bridgehead atoms. The molecule has 0 spiro atoms. The zero-order valence-corrected chi connectivity index (χ0v) is 11.9. The van der Waals surface area contributed by atoms with Crippen LogP contribution >= 0.6 is 11.6 Å². The van der Waals surface area contributed by atoms with Crippen molar-refractivity contribution in [3.8, 4) is 5.75 Å². The predicted octanol–water partition coefficient (Wildman–Crippen LogP) is 4.14. The van der Waals surface area contributed by atoms with Crippen LogP contribution in [0.3, 0.4) is 0 Å². The van der Waals surface area contributed by atoms with Crippen molar-refractivity contribution >= 4 is 23.2 Å². The van der Waals surface area contributed by atoms with Gasteiger partial charge in [0.05, 0.1) is 0 Å². The van der Waals surface area contributed by atoms with Gasteiger partial charge in [-0.25, -0.2) is 0 Å². The number of para-hydroxylation sites is 1. The minimum Gasteiger partial charge on any atom is -0.481 e. The van der Waals surface area contributed by atoms with Crippen molar-refractivity contribution in [1.82, 2.24) is 0 Å². The molecule has 2 aromatic rings. The quantitative estimate of drug-likeness (QED) is 0.898. The summed E-state index contributed by atoms with van der Waals surface area (Å²) < 4.78 is 5.68. The lowest BCUT2D eigenvalue weighted by Crippen LogP contribution is -2.32. The number of nitrogens with one attached hydrogen (secondary N) is 1. The second-order valence-corrected chi connectivity index (χ2v) is 4.76. The third kappa shape index (κ3) is 4.00. The van der Waals surface area contributed by atoms with Crippen LogP contribution in [0.15, 0.2) is 54.6 Å². The summed E-state index contributed by atoms with van der Waals surface area (Å²) >= 11 is 5.89. The number of halogens is 1. The number of rotatable bonds is 5. The van der Waals surface area contributed by atoms with E-state index in [2.05, 4.69) is 5.32 Å². The Labute approximate surface area is 123 Å². The molecule has 1 atom stereocenters. The average Bonchev–Trinajstić information content (AvgIpc) is 2.45. The van der Waals surface area contributed by atoms with Gasteiger partial charge < -0.3 is 10.1 Å². The highest BCUT2D eigenvalue weighted by molar-refractivity contribution is 6.30. The third-order valence-electron chi connectivity index (χ3n) is 2.78. The molecule has 0 aliphatic rings. The van der Waals surface area contributed by atoms with Crippen molar-refractivity contribution in [2.24, 2.45) is 0 Å². The Morgan fingerprint density at radius 1 is 1.20 bits per heavy atom. The van der Waals surface area contributed by atoms with Gasteiger partial charge >= 0.3 is 0 Å². The second kappa shape index (κ2) is 6.96. The second-order valence-electron chi connectivity index (χ2n) is 4.33. The Morgan fingerprint density at radius 3 is 2.60 bits per heavy atom. The van der Waals surface area contributed by atoms with E-state index in [1.54, 1.807) is 24.3 Å². The van der Waals surface area contributed by atoms with Gasteiger partial charge in [0.1, 0.15) is 5.75 Å². The van der Waals surface area contributed by atoms with Crippen molar-refractivity contribution in [3.63, 3.8) is 0 Å². The Hall–Kier alpha value is -2.00. The monoisotopic (exact) mass is 289 g/mol. The van der Waals surface area contributed by atoms with Crippen molar-refractivity contribution in [2.45, 2.75) is 19.4 Å². The summed E-state index contributed by atoms with van der Waals surface area (Å²) in [5, 5.41) is 3.39. The molecule has 0 saturated carbocycles. The van der Waals surface area contributed by atoms with E-state index in [1.165, 1.54) is 0 Å². The predicted molar refractivity (Wildman–Crippen MR) is 81.2 cm³/mol. The van der Waals surface area contributed by atoms with E-state index in [0.717, 1.165) is 0 Å². The van der Waals surface area contributed by atoms with Crippen LogP contribution in [0.2, 0.25) is 5.02 Å². The first kappa shape index (κ1) is 14.4. The molecule has 0 saturated heterocycles. The Morgan fingerprint density at radius 2 is 1.95 bits per heavy atom. The molecule has 1 amide bonds. The van der Waals surface area contributed by atoms with Crippen LogP contribution in [0.1, 0.15) is 13.3 Å². The molecule has 0 aliphatic carbocycles. The highest BCUT2D eigenvalue weighted by Crippen LogP contribution is 2.17. The Kier molecular flexibility index (Phi) is 5.02. The number of amides is 1. The topological polar surface area (TPSA) is 38.3 Å². The fraction of sp³-hybridized carbons (Fsp3) is 0.188. The molecule has 2 aromatic carbocycles. The number of hydrogen-bond acceptors (Lipinski definition) is 2. The van der Waals surface area contributed by atoms with Gasteiger partial charge in [-0.05, 0) is 36.8 Å². The molecule has 2 rings (SSSR count). The van der Waals surface area contributed by atoms with Crippen molar-refractivity contribution in [3.05, 3.63) is 59.6 Å². The summed E-state index contributed by atoms with van der Waals surface area (Å²) in [6, 6.07) is 16.3. The van der Waals surface area contributed by atoms with E-state index < -0.39 is 6.10 Å². The largest absolute Gasteiger partial charge is 0.481 e. The van der Waals surface area contributed by atoms with Gasteiger partial charge in [-0.3, -0.25) is 4.79 Å². The van der Waals surface area contributed by atoms with Crippen LogP contribution in [-0.4, -0.2) is 12.0 Å². The van der Waals surface area contributed by atoms with Gasteiger partial charge in [0.2, 0.25) is 0 Å². The number of benzene rings is 2. The van der Waals surface area contributed by atoms with Gasteiger partial charge in [0.25, 0.3) is 5.91 Å². The first-order chi connectivity index (χ1) is 9.69. The molecule has 104 valence electrons. The minimum absolute atomic E-state index is 0.182. The maximum atomic E-state index is 12.2. The first-order valence-electron chi connectivity index (χ1n) is 6.47. The zero-order chi connectivity index (χ0) is 14.4. The summed E-state index contributed by atoms with van der Waals surface area (Å²) in [5.41, 5.74) is 0.664. The van der Waals surface area contributed by atoms with Gasteiger partial charge in [-0.15, -0.1) is 0 Å². The fourth-order valence-corrected chi connectivity index (χ4v) is 1.96. The van der Waals surface area contributed by atoms with Crippen LogP contribution in [0.5, 0.6) is 5.75 Å². The minimum atomic E-state index is -0.531. The summed E-state index contributed by atoms with van der Waals surface area (Å²) in [5.74, 6) is 0.499. The van der Waals surface area contributed by atoms with Crippen LogP contribution in [0, 0.1) is 0 Å². The lowest BCUT2D eigenvalue weighted by molar-refractivity contribution is -0.122. The molecule has 0 fully saturated rings. The number of anilines is 1. The highest BCUT2D eigenvalue weighted by Gasteiger charge is 2.18. The van der Waals surface area contributed by atoms with E-state index in [4.69, 9.17) is 16.3 Å². The molecule has 0 unspecified atom stereocenters. The maximum absolute atomic E-state index is 12.2. The summed E-state index contributed by atoms with van der Waals surface area (Å²) in [4.78, 5) is 12.2. The van der Waals surface area contributed by atoms with Crippen molar-refractivity contribution in [1.29, 1.82) is 0 Å². The average molecular weight is 290 g/mol. The number of carbonyl (C=O) groups is 1. The van der Waals surface area contributed by atoms with E-state index in [-0.39, 0.29) is 5.91 Å². The molecule has 0 aliphatic heterocycles. The molecule has 20 heavy (non-hydrogen) atoms.